The summed E-state index contributed by atoms with van der Waals surface area (Å²) in [5.41, 5.74) is 4.52. The van der Waals surface area contributed by atoms with E-state index in [0.717, 1.165) is 9.78 Å². The van der Waals surface area contributed by atoms with E-state index in [2.05, 4.69) is 5.32 Å². The van der Waals surface area contributed by atoms with Crippen molar-refractivity contribution in [2.24, 2.45) is 5.73 Å². The molecule has 0 bridgehead atoms. The van der Waals surface area contributed by atoms with Crippen molar-refractivity contribution in [2.45, 2.75) is 19.0 Å². The van der Waals surface area contributed by atoms with E-state index in [1.54, 1.807) is 25.2 Å². The van der Waals surface area contributed by atoms with Gasteiger partial charge in [-0.25, -0.2) is 4.79 Å². The zero-order valence-corrected chi connectivity index (χ0v) is 17.3. The van der Waals surface area contributed by atoms with Crippen LogP contribution in [0.4, 0.5) is 4.79 Å². The molecule has 1 aliphatic heterocycles. The second kappa shape index (κ2) is 7.84. The molecule has 1 fully saturated rings. The molecule has 8 nitrogen and oxygen atoms in total. The molecule has 1 unspecified atom stereocenters. The highest BCUT2D eigenvalue weighted by Gasteiger charge is 2.49. The Morgan fingerprint density at radius 2 is 2.00 bits per heavy atom. The number of benzene rings is 1. The molecule has 0 aliphatic carbocycles. The number of imide groups is 1. The van der Waals surface area contributed by atoms with Gasteiger partial charge in [0.2, 0.25) is 11.8 Å². The van der Waals surface area contributed by atoms with Gasteiger partial charge in [0.05, 0.1) is 10.9 Å². The summed E-state index contributed by atoms with van der Waals surface area (Å²) in [6.45, 7) is 1.44. The molecule has 3 rings (SSSR count). The van der Waals surface area contributed by atoms with E-state index in [4.69, 9.17) is 17.3 Å². The minimum absolute atomic E-state index is 0.217. The third-order valence-electron chi connectivity index (χ3n) is 4.74. The van der Waals surface area contributed by atoms with Crippen LogP contribution in [0.3, 0.4) is 0 Å². The van der Waals surface area contributed by atoms with Gasteiger partial charge in [-0.3, -0.25) is 19.3 Å². The van der Waals surface area contributed by atoms with Crippen molar-refractivity contribution < 1.29 is 19.2 Å². The summed E-state index contributed by atoms with van der Waals surface area (Å²) in [5.74, 6) is -1.62. The summed E-state index contributed by atoms with van der Waals surface area (Å²) in [5, 5.41) is 2.61. The summed E-state index contributed by atoms with van der Waals surface area (Å²) in [7, 11) is 1.59. The topological polar surface area (TPSA) is 113 Å². The highest BCUT2D eigenvalue weighted by Crippen LogP contribution is 2.29. The molecule has 1 atom stereocenters. The van der Waals surface area contributed by atoms with E-state index in [1.165, 1.54) is 35.3 Å². The van der Waals surface area contributed by atoms with Crippen LogP contribution in [-0.4, -0.2) is 47.1 Å². The number of nitrogens with zero attached hydrogens (tertiary/aromatic N) is 2. The fraction of sp³-hybridized carbons (Fsp3) is 0.263. The van der Waals surface area contributed by atoms with E-state index in [1.807, 2.05) is 6.07 Å². The predicted octanol–water partition coefficient (Wildman–Crippen LogP) is 1.93. The molecule has 29 heavy (non-hydrogen) atoms. The Morgan fingerprint density at radius 1 is 1.28 bits per heavy atom. The maximum atomic E-state index is 13.0. The van der Waals surface area contributed by atoms with Gasteiger partial charge in [-0.15, -0.1) is 11.3 Å². The van der Waals surface area contributed by atoms with Gasteiger partial charge in [0.25, 0.3) is 5.91 Å². The van der Waals surface area contributed by atoms with Crippen molar-refractivity contribution in [2.75, 3.05) is 13.6 Å². The van der Waals surface area contributed by atoms with Crippen LogP contribution in [0, 0.1) is 0 Å². The highest BCUT2D eigenvalue weighted by molar-refractivity contribution is 7.16. The molecule has 0 spiro atoms. The zero-order valence-electron chi connectivity index (χ0n) is 15.8. The number of likely N-dealkylation sites (N-methyl/N-ethyl adjacent to an activating group) is 1. The third kappa shape index (κ3) is 4.10. The van der Waals surface area contributed by atoms with Crippen LogP contribution in [-0.2, 0) is 21.7 Å². The first-order valence-corrected chi connectivity index (χ1v) is 9.84. The van der Waals surface area contributed by atoms with Crippen molar-refractivity contribution in [1.29, 1.82) is 0 Å². The lowest BCUT2D eigenvalue weighted by Crippen LogP contribution is -2.43. The van der Waals surface area contributed by atoms with Gasteiger partial charge in [0.1, 0.15) is 12.1 Å². The second-order valence-electron chi connectivity index (χ2n) is 6.85. The van der Waals surface area contributed by atoms with Crippen molar-refractivity contribution in [3.05, 3.63) is 56.7 Å². The zero-order chi connectivity index (χ0) is 21.3. The number of nitrogens with two attached hydrogens (primary N) is 1. The number of hydrogen-bond donors (Lipinski definition) is 2. The van der Waals surface area contributed by atoms with E-state index < -0.39 is 35.8 Å². The maximum absolute atomic E-state index is 13.0. The number of urea groups is 1. The average Bonchev–Trinajstić information content (AvgIpc) is 3.18. The lowest BCUT2D eigenvalue weighted by atomic mass is 9.90. The van der Waals surface area contributed by atoms with E-state index in [9.17, 15) is 19.2 Å². The molecule has 152 valence electrons. The van der Waals surface area contributed by atoms with E-state index in [-0.39, 0.29) is 5.56 Å². The number of carbonyl (C=O) groups is 4. The summed E-state index contributed by atoms with van der Waals surface area (Å²) in [6, 6.07) is 9.04. The lowest BCUT2D eigenvalue weighted by Gasteiger charge is -2.23. The van der Waals surface area contributed by atoms with Crippen molar-refractivity contribution in [3.63, 3.8) is 0 Å². The van der Waals surface area contributed by atoms with Crippen LogP contribution in [0.25, 0.3) is 0 Å². The fourth-order valence-corrected chi connectivity index (χ4v) is 4.18. The molecule has 0 saturated carbocycles. The van der Waals surface area contributed by atoms with Crippen LogP contribution in [0.1, 0.15) is 27.7 Å². The van der Waals surface area contributed by atoms with Gasteiger partial charge < -0.3 is 16.0 Å². The fourth-order valence-electron chi connectivity index (χ4n) is 3.03. The molecule has 0 radical (unpaired) electrons. The molecule has 3 N–H and O–H groups in total. The Morgan fingerprint density at radius 3 is 2.62 bits per heavy atom. The number of halogens is 1. The second-order valence-corrected chi connectivity index (χ2v) is 8.65. The number of hydrogen-bond acceptors (Lipinski definition) is 5. The smallest absolute Gasteiger partial charge is 0.325 e. The molecule has 1 aliphatic rings. The number of nitrogens with one attached hydrogen (secondary N) is 1. The van der Waals surface area contributed by atoms with E-state index >= 15 is 0 Å². The molecular weight excluding hydrogens is 416 g/mol. The molecular formula is C19H19ClN4O4S. The van der Waals surface area contributed by atoms with Crippen LogP contribution in [0.2, 0.25) is 4.34 Å². The van der Waals surface area contributed by atoms with E-state index in [0.29, 0.717) is 16.4 Å². The third-order valence-corrected chi connectivity index (χ3v) is 5.96. The first-order valence-electron chi connectivity index (χ1n) is 8.64. The van der Waals surface area contributed by atoms with Crippen LogP contribution in [0.5, 0.6) is 0 Å². The summed E-state index contributed by atoms with van der Waals surface area (Å²) in [6.07, 6.45) is 0. The predicted molar refractivity (Wildman–Crippen MR) is 108 cm³/mol. The molecule has 1 saturated heterocycles. The Labute approximate surface area is 176 Å². The number of amides is 5. The maximum Gasteiger partial charge on any atom is 0.325 e. The Balaban J connectivity index is 1.75. The molecule has 1 aromatic carbocycles. The number of thiophene rings is 1. The molecule has 2 heterocycles. The quantitative estimate of drug-likeness (QED) is 0.676. The van der Waals surface area contributed by atoms with Crippen molar-refractivity contribution in [3.8, 4) is 0 Å². The van der Waals surface area contributed by atoms with Crippen molar-refractivity contribution >= 4 is 46.7 Å². The minimum Gasteiger partial charge on any atom is -0.366 e. The first-order chi connectivity index (χ1) is 13.6. The molecule has 1 aromatic heterocycles. The van der Waals surface area contributed by atoms with Gasteiger partial charge >= 0.3 is 6.03 Å². The molecule has 5 amide bonds. The minimum atomic E-state index is -1.40. The Hall–Kier alpha value is -2.91. The molecule has 2 aromatic rings. The lowest BCUT2D eigenvalue weighted by molar-refractivity contribution is -0.138. The van der Waals surface area contributed by atoms with Crippen LogP contribution < -0.4 is 11.1 Å². The van der Waals surface area contributed by atoms with Gasteiger partial charge in [-0.1, -0.05) is 23.7 Å². The number of primary amides is 1. The monoisotopic (exact) mass is 434 g/mol. The number of rotatable bonds is 6. The Bertz CT molecular complexity index is 1010. The normalized spacial score (nSPS) is 18.7. The van der Waals surface area contributed by atoms with Crippen LogP contribution in [0.15, 0.2) is 36.4 Å². The van der Waals surface area contributed by atoms with Gasteiger partial charge in [-0.2, -0.15) is 0 Å². The standard InChI is InChI=1S/C19H19ClN4O4S/c1-19(12-5-3-4-11(8-12)16(21)26)17(27)24(18(28)22-19)10-15(25)23(2)9-13-6-7-14(20)29-13/h3-8H,9-10H2,1-2H3,(H2,21,26)(H,22,28). The van der Waals surface area contributed by atoms with Gasteiger partial charge in [0, 0.05) is 17.5 Å². The van der Waals surface area contributed by atoms with Crippen molar-refractivity contribution in [1.82, 2.24) is 15.1 Å². The number of carbonyl (C=O) groups excluding carboxylic acids is 4. The summed E-state index contributed by atoms with van der Waals surface area (Å²) < 4.78 is 0.615. The average molecular weight is 435 g/mol. The first kappa shape index (κ1) is 20.8. The summed E-state index contributed by atoms with van der Waals surface area (Å²) >= 11 is 7.25. The molecule has 10 heteroatoms. The van der Waals surface area contributed by atoms with Crippen LogP contribution >= 0.6 is 22.9 Å². The Kier molecular flexibility index (Phi) is 5.63. The largest absolute Gasteiger partial charge is 0.366 e. The SMILES string of the molecule is CN(Cc1ccc(Cl)s1)C(=O)CN1C(=O)NC(C)(c2cccc(C(N)=O)c2)C1=O. The highest BCUT2D eigenvalue weighted by atomic mass is 35.5. The van der Waals surface area contributed by atoms with Gasteiger partial charge in [0.15, 0.2) is 0 Å². The summed E-state index contributed by atoms with van der Waals surface area (Å²) in [4.78, 5) is 52.6. The van der Waals surface area contributed by atoms with Gasteiger partial charge in [-0.05, 0) is 36.8 Å².